The van der Waals surface area contributed by atoms with E-state index in [1.54, 1.807) is 4.90 Å². The number of carbonyl (C=O) groups excluding carboxylic acids is 1. The van der Waals surface area contributed by atoms with Gasteiger partial charge in [0.25, 0.3) is 5.56 Å². The van der Waals surface area contributed by atoms with Gasteiger partial charge in [-0.25, -0.2) is 0 Å². The molecule has 0 aliphatic heterocycles. The number of amides is 1. The number of ether oxygens (including phenoxy) is 1. The summed E-state index contributed by atoms with van der Waals surface area (Å²) in [6.45, 7) is 4.55. The topological polar surface area (TPSA) is 62.4 Å². The predicted octanol–water partition coefficient (Wildman–Crippen LogP) is 3.87. The number of aromatic nitrogens is 1. The number of nitrogens with zero attached hydrogens (tertiary/aromatic N) is 1. The summed E-state index contributed by atoms with van der Waals surface area (Å²) in [4.78, 5) is 29.4. The number of nitrogens with one attached hydrogen (secondary N) is 1. The van der Waals surface area contributed by atoms with Gasteiger partial charge >= 0.3 is 0 Å². The minimum Gasteiger partial charge on any atom is -0.494 e. The first-order valence-electron chi connectivity index (χ1n) is 8.76. The minimum atomic E-state index is -0.177. The van der Waals surface area contributed by atoms with Gasteiger partial charge in [-0.2, -0.15) is 0 Å². The predicted molar refractivity (Wildman–Crippen MR) is 104 cm³/mol. The lowest BCUT2D eigenvalue weighted by molar-refractivity contribution is -0.118. The van der Waals surface area contributed by atoms with Crippen molar-refractivity contribution in [1.82, 2.24) is 4.98 Å². The standard InChI is InChI=1S/C21H22N2O3/c1-3-20(24)23(17-9-11-18(12-10-17)26-4-2)14-16-13-15-7-5-6-8-19(15)22-21(16)25/h5-13H,3-4,14H2,1-2H3,(H,22,25). The summed E-state index contributed by atoms with van der Waals surface area (Å²) in [5.74, 6) is 0.713. The molecule has 0 radical (unpaired) electrons. The molecule has 0 saturated heterocycles. The minimum absolute atomic E-state index is 0.0401. The number of hydrogen-bond donors (Lipinski definition) is 1. The summed E-state index contributed by atoms with van der Waals surface area (Å²) < 4.78 is 5.45. The van der Waals surface area contributed by atoms with E-state index in [2.05, 4.69) is 4.98 Å². The number of fused-ring (bicyclic) bond motifs is 1. The molecule has 26 heavy (non-hydrogen) atoms. The molecule has 3 aromatic rings. The van der Waals surface area contributed by atoms with E-state index >= 15 is 0 Å². The molecule has 1 N–H and O–H groups in total. The molecular weight excluding hydrogens is 328 g/mol. The van der Waals surface area contributed by atoms with Crippen molar-refractivity contribution in [3.05, 3.63) is 70.5 Å². The van der Waals surface area contributed by atoms with E-state index in [0.717, 1.165) is 22.3 Å². The third-order valence-corrected chi connectivity index (χ3v) is 4.22. The fraction of sp³-hybridized carbons (Fsp3) is 0.238. The number of benzene rings is 2. The molecule has 0 atom stereocenters. The van der Waals surface area contributed by atoms with Crippen molar-refractivity contribution in [2.75, 3.05) is 11.5 Å². The first kappa shape index (κ1) is 17.7. The molecule has 1 aromatic heterocycles. The highest BCUT2D eigenvalue weighted by atomic mass is 16.5. The van der Waals surface area contributed by atoms with E-state index in [9.17, 15) is 9.59 Å². The maximum absolute atomic E-state index is 12.5. The second-order valence-electron chi connectivity index (χ2n) is 5.97. The summed E-state index contributed by atoms with van der Waals surface area (Å²) in [5, 5.41) is 0.942. The SMILES string of the molecule is CCOc1ccc(N(Cc2cc3ccccc3[nH]c2=O)C(=O)CC)cc1. The lowest BCUT2D eigenvalue weighted by Crippen LogP contribution is -2.32. The summed E-state index contributed by atoms with van der Waals surface area (Å²) in [6.07, 6.45) is 0.360. The molecule has 0 saturated carbocycles. The average molecular weight is 350 g/mol. The maximum Gasteiger partial charge on any atom is 0.253 e. The van der Waals surface area contributed by atoms with Crippen molar-refractivity contribution in [3.63, 3.8) is 0 Å². The molecule has 1 amide bonds. The van der Waals surface area contributed by atoms with Crippen molar-refractivity contribution in [3.8, 4) is 5.75 Å². The largest absolute Gasteiger partial charge is 0.494 e. The summed E-state index contributed by atoms with van der Waals surface area (Å²) in [5.41, 5.74) is 1.91. The van der Waals surface area contributed by atoms with Gasteiger partial charge in [0.1, 0.15) is 5.75 Å². The molecule has 5 nitrogen and oxygen atoms in total. The van der Waals surface area contributed by atoms with E-state index in [0.29, 0.717) is 18.6 Å². The molecule has 1 heterocycles. The Labute approximate surface area is 152 Å². The van der Waals surface area contributed by atoms with Gasteiger partial charge in [-0.3, -0.25) is 9.59 Å². The van der Waals surface area contributed by atoms with Crippen molar-refractivity contribution >= 4 is 22.5 Å². The van der Waals surface area contributed by atoms with Gasteiger partial charge in [-0.05, 0) is 48.7 Å². The first-order chi connectivity index (χ1) is 12.6. The van der Waals surface area contributed by atoms with E-state index in [-0.39, 0.29) is 18.0 Å². The Bertz CT molecular complexity index is 961. The third kappa shape index (κ3) is 3.77. The Hall–Kier alpha value is -3.08. The number of rotatable bonds is 6. The van der Waals surface area contributed by atoms with Crippen LogP contribution >= 0.6 is 0 Å². The number of anilines is 1. The van der Waals surface area contributed by atoms with Crippen LogP contribution in [0.5, 0.6) is 5.75 Å². The lowest BCUT2D eigenvalue weighted by Gasteiger charge is -2.22. The number of hydrogen-bond acceptors (Lipinski definition) is 3. The second-order valence-corrected chi connectivity index (χ2v) is 5.97. The van der Waals surface area contributed by atoms with Gasteiger partial charge in [0.05, 0.1) is 13.2 Å². The molecule has 134 valence electrons. The van der Waals surface area contributed by atoms with Crippen molar-refractivity contribution in [2.45, 2.75) is 26.8 Å². The van der Waals surface area contributed by atoms with Gasteiger partial charge in [-0.15, -0.1) is 0 Å². The van der Waals surface area contributed by atoms with Gasteiger partial charge < -0.3 is 14.6 Å². The van der Waals surface area contributed by atoms with Crippen LogP contribution in [0.4, 0.5) is 5.69 Å². The van der Waals surface area contributed by atoms with Crippen LogP contribution in [0, 0.1) is 0 Å². The molecule has 0 aliphatic carbocycles. The lowest BCUT2D eigenvalue weighted by atomic mass is 10.1. The molecule has 2 aromatic carbocycles. The fourth-order valence-corrected chi connectivity index (χ4v) is 2.88. The quantitative estimate of drug-likeness (QED) is 0.734. The average Bonchev–Trinajstić information content (AvgIpc) is 2.67. The Morgan fingerprint density at radius 3 is 2.50 bits per heavy atom. The molecule has 0 unspecified atom stereocenters. The van der Waals surface area contributed by atoms with Crippen molar-refractivity contribution < 1.29 is 9.53 Å². The van der Waals surface area contributed by atoms with E-state index in [1.165, 1.54) is 0 Å². The summed E-state index contributed by atoms with van der Waals surface area (Å²) in [7, 11) is 0. The van der Waals surface area contributed by atoms with Gasteiger partial charge in [-0.1, -0.05) is 25.1 Å². The highest BCUT2D eigenvalue weighted by Crippen LogP contribution is 2.22. The number of carbonyl (C=O) groups is 1. The number of H-pyrrole nitrogens is 1. The second kappa shape index (κ2) is 7.87. The first-order valence-corrected chi connectivity index (χ1v) is 8.76. The molecular formula is C21H22N2O3. The molecule has 0 bridgehead atoms. The zero-order chi connectivity index (χ0) is 18.5. The van der Waals surface area contributed by atoms with Crippen LogP contribution in [0.15, 0.2) is 59.4 Å². The van der Waals surface area contributed by atoms with E-state index < -0.39 is 0 Å². The molecule has 0 fully saturated rings. The van der Waals surface area contributed by atoms with Crippen LogP contribution in [0.1, 0.15) is 25.8 Å². The van der Waals surface area contributed by atoms with Crippen LogP contribution in [-0.2, 0) is 11.3 Å². The van der Waals surface area contributed by atoms with Crippen LogP contribution in [0.3, 0.4) is 0 Å². The number of aromatic amines is 1. The van der Waals surface area contributed by atoms with Crippen molar-refractivity contribution in [2.24, 2.45) is 0 Å². The van der Waals surface area contributed by atoms with Crippen LogP contribution in [0.2, 0.25) is 0 Å². The Morgan fingerprint density at radius 1 is 1.08 bits per heavy atom. The van der Waals surface area contributed by atoms with E-state index in [1.807, 2.05) is 68.4 Å². The van der Waals surface area contributed by atoms with E-state index in [4.69, 9.17) is 4.74 Å². The Kier molecular flexibility index (Phi) is 5.37. The third-order valence-electron chi connectivity index (χ3n) is 4.22. The van der Waals surface area contributed by atoms with Crippen LogP contribution in [0.25, 0.3) is 10.9 Å². The zero-order valence-corrected chi connectivity index (χ0v) is 15.0. The molecule has 0 spiro atoms. The monoisotopic (exact) mass is 350 g/mol. The smallest absolute Gasteiger partial charge is 0.253 e. The molecule has 0 aliphatic rings. The van der Waals surface area contributed by atoms with Crippen molar-refractivity contribution in [1.29, 1.82) is 0 Å². The molecule has 3 rings (SSSR count). The Balaban J connectivity index is 1.95. The van der Waals surface area contributed by atoms with Crippen LogP contribution < -0.4 is 15.2 Å². The van der Waals surface area contributed by atoms with Crippen LogP contribution in [-0.4, -0.2) is 17.5 Å². The van der Waals surface area contributed by atoms with Gasteiger partial charge in [0.15, 0.2) is 0 Å². The molecule has 5 heteroatoms. The number of para-hydroxylation sites is 1. The maximum atomic E-state index is 12.5. The highest BCUT2D eigenvalue weighted by molar-refractivity contribution is 5.93. The summed E-state index contributed by atoms with van der Waals surface area (Å²) >= 11 is 0. The summed E-state index contributed by atoms with van der Waals surface area (Å²) in [6, 6.07) is 16.8. The normalized spacial score (nSPS) is 10.7. The Morgan fingerprint density at radius 2 is 1.81 bits per heavy atom. The zero-order valence-electron chi connectivity index (χ0n) is 15.0. The van der Waals surface area contributed by atoms with Gasteiger partial charge in [0, 0.05) is 23.2 Å². The van der Waals surface area contributed by atoms with Gasteiger partial charge in [0.2, 0.25) is 5.91 Å². The number of pyridine rings is 1. The highest BCUT2D eigenvalue weighted by Gasteiger charge is 2.17. The fourth-order valence-electron chi connectivity index (χ4n) is 2.88.